The van der Waals surface area contributed by atoms with Crippen molar-refractivity contribution in [1.82, 2.24) is 4.90 Å². The zero-order chi connectivity index (χ0) is 23.4. The van der Waals surface area contributed by atoms with Gasteiger partial charge in [0.05, 0.1) is 12.7 Å². The minimum atomic E-state index is -0.909. The van der Waals surface area contributed by atoms with Gasteiger partial charge in [-0.15, -0.1) is 0 Å². The highest BCUT2D eigenvalue weighted by atomic mass is 16.6. The number of esters is 1. The van der Waals surface area contributed by atoms with E-state index in [1.54, 1.807) is 17.9 Å². The quantitative estimate of drug-likeness (QED) is 0.501. The van der Waals surface area contributed by atoms with Gasteiger partial charge in [-0.25, -0.2) is 4.79 Å². The van der Waals surface area contributed by atoms with Crippen molar-refractivity contribution in [2.45, 2.75) is 39.6 Å². The summed E-state index contributed by atoms with van der Waals surface area (Å²) < 4.78 is 17.1. The third-order valence-corrected chi connectivity index (χ3v) is 5.79. The SMILES string of the molecule is CC(C)OCc1c(C(=O)OC(C)C(=O)N2CCN(c3ccccc3)CC2)oc2ccccc12. The number of para-hydroxylation sites is 2. The Hall–Kier alpha value is -3.32. The number of hydrogen-bond acceptors (Lipinski definition) is 6. The molecule has 0 spiro atoms. The summed E-state index contributed by atoms with van der Waals surface area (Å²) in [5.41, 5.74) is 2.37. The number of hydrogen-bond donors (Lipinski definition) is 0. The molecule has 1 amide bonds. The molecule has 1 aromatic heterocycles. The lowest BCUT2D eigenvalue weighted by Gasteiger charge is -2.37. The first-order chi connectivity index (χ1) is 15.9. The van der Waals surface area contributed by atoms with Crippen LogP contribution in [0.1, 0.15) is 36.9 Å². The van der Waals surface area contributed by atoms with Gasteiger partial charge in [-0.1, -0.05) is 36.4 Å². The molecular formula is C26H30N2O5. The van der Waals surface area contributed by atoms with Crippen molar-refractivity contribution >= 4 is 28.5 Å². The molecule has 174 valence electrons. The van der Waals surface area contributed by atoms with Crippen LogP contribution in [0, 0.1) is 0 Å². The fourth-order valence-electron chi connectivity index (χ4n) is 4.00. The highest BCUT2D eigenvalue weighted by Crippen LogP contribution is 2.28. The van der Waals surface area contributed by atoms with Crippen LogP contribution in [-0.4, -0.2) is 55.2 Å². The molecule has 0 bridgehead atoms. The number of piperazine rings is 1. The predicted octanol–water partition coefficient (Wildman–Crippen LogP) is 4.25. The minimum absolute atomic E-state index is 0.00223. The Kier molecular flexibility index (Phi) is 6.99. The molecule has 7 nitrogen and oxygen atoms in total. The summed E-state index contributed by atoms with van der Waals surface area (Å²) in [6.07, 6.45) is -0.912. The van der Waals surface area contributed by atoms with E-state index < -0.39 is 12.1 Å². The standard InChI is InChI=1S/C26H30N2O5/c1-18(2)31-17-22-21-11-7-8-12-23(21)33-24(22)26(30)32-19(3)25(29)28-15-13-27(14-16-28)20-9-5-4-6-10-20/h4-12,18-19H,13-17H2,1-3H3. The third-order valence-electron chi connectivity index (χ3n) is 5.79. The number of amides is 1. The number of fused-ring (bicyclic) bond motifs is 1. The van der Waals surface area contributed by atoms with Gasteiger partial charge in [0.25, 0.3) is 5.91 Å². The van der Waals surface area contributed by atoms with Crippen molar-refractivity contribution in [2.75, 3.05) is 31.1 Å². The second-order valence-corrected chi connectivity index (χ2v) is 8.46. The second kappa shape index (κ2) is 10.1. The number of nitrogens with zero attached hydrogens (tertiary/aromatic N) is 2. The molecule has 3 aromatic rings. The summed E-state index contributed by atoms with van der Waals surface area (Å²) in [4.78, 5) is 29.9. The van der Waals surface area contributed by atoms with Crippen LogP contribution in [-0.2, 0) is 20.9 Å². The topological polar surface area (TPSA) is 72.2 Å². The minimum Gasteiger partial charge on any atom is -0.449 e. The molecule has 1 aliphatic rings. The number of anilines is 1. The maximum Gasteiger partial charge on any atom is 0.375 e. The maximum absolute atomic E-state index is 13.0. The number of carbonyl (C=O) groups excluding carboxylic acids is 2. The average Bonchev–Trinajstić information content (AvgIpc) is 3.21. The first-order valence-corrected chi connectivity index (χ1v) is 11.4. The van der Waals surface area contributed by atoms with Gasteiger partial charge in [0.15, 0.2) is 6.10 Å². The van der Waals surface area contributed by atoms with Crippen LogP contribution in [0.5, 0.6) is 0 Å². The Morgan fingerprint density at radius 2 is 1.61 bits per heavy atom. The Morgan fingerprint density at radius 3 is 2.30 bits per heavy atom. The maximum atomic E-state index is 13.0. The predicted molar refractivity (Wildman–Crippen MR) is 126 cm³/mol. The summed E-state index contributed by atoms with van der Waals surface area (Å²) >= 11 is 0. The molecule has 7 heteroatoms. The van der Waals surface area contributed by atoms with Crippen molar-refractivity contribution in [3.05, 3.63) is 65.9 Å². The molecule has 1 saturated heterocycles. The Bertz CT molecular complexity index is 1100. The molecule has 1 fully saturated rings. The molecule has 33 heavy (non-hydrogen) atoms. The average molecular weight is 451 g/mol. The molecule has 4 rings (SSSR count). The van der Waals surface area contributed by atoms with Crippen LogP contribution in [0.2, 0.25) is 0 Å². The highest BCUT2D eigenvalue weighted by Gasteiger charge is 2.30. The molecular weight excluding hydrogens is 420 g/mol. The lowest BCUT2D eigenvalue weighted by atomic mass is 10.1. The first-order valence-electron chi connectivity index (χ1n) is 11.4. The van der Waals surface area contributed by atoms with Crippen LogP contribution in [0.4, 0.5) is 5.69 Å². The Labute approximate surface area is 193 Å². The molecule has 1 unspecified atom stereocenters. The van der Waals surface area contributed by atoms with Gasteiger partial charge < -0.3 is 23.7 Å². The van der Waals surface area contributed by atoms with E-state index in [1.807, 2.05) is 50.2 Å². The van der Waals surface area contributed by atoms with Gasteiger partial charge in [0, 0.05) is 42.8 Å². The van der Waals surface area contributed by atoms with E-state index in [2.05, 4.69) is 17.0 Å². The van der Waals surface area contributed by atoms with Crippen LogP contribution >= 0.6 is 0 Å². The van der Waals surface area contributed by atoms with Gasteiger partial charge in [-0.05, 0) is 39.0 Å². The number of rotatable bonds is 7. The number of furan rings is 1. The molecule has 0 N–H and O–H groups in total. The molecule has 0 saturated carbocycles. The van der Waals surface area contributed by atoms with Gasteiger partial charge in [0.2, 0.25) is 5.76 Å². The third kappa shape index (κ3) is 5.20. The van der Waals surface area contributed by atoms with Crippen molar-refractivity contribution < 1.29 is 23.5 Å². The van der Waals surface area contributed by atoms with Gasteiger partial charge >= 0.3 is 5.97 Å². The summed E-state index contributed by atoms with van der Waals surface area (Å²) in [6, 6.07) is 17.5. The lowest BCUT2D eigenvalue weighted by Crippen LogP contribution is -2.51. The zero-order valence-electron chi connectivity index (χ0n) is 19.3. The fraction of sp³-hybridized carbons (Fsp3) is 0.385. The smallest absolute Gasteiger partial charge is 0.375 e. The van der Waals surface area contributed by atoms with Crippen molar-refractivity contribution in [2.24, 2.45) is 0 Å². The summed E-state index contributed by atoms with van der Waals surface area (Å²) in [5.74, 6) is -0.769. The van der Waals surface area contributed by atoms with Gasteiger partial charge in [-0.3, -0.25) is 4.79 Å². The molecule has 2 aromatic carbocycles. The lowest BCUT2D eigenvalue weighted by molar-refractivity contribution is -0.140. The van der Waals surface area contributed by atoms with E-state index in [1.165, 1.54) is 0 Å². The summed E-state index contributed by atoms with van der Waals surface area (Å²) in [5, 5.41) is 0.807. The van der Waals surface area contributed by atoms with Gasteiger partial charge in [0.1, 0.15) is 5.58 Å². The Balaban J connectivity index is 1.41. The van der Waals surface area contributed by atoms with Crippen molar-refractivity contribution in [1.29, 1.82) is 0 Å². The van der Waals surface area contributed by atoms with Crippen LogP contribution in [0.25, 0.3) is 11.0 Å². The van der Waals surface area contributed by atoms with E-state index in [9.17, 15) is 9.59 Å². The monoisotopic (exact) mass is 450 g/mol. The van der Waals surface area contributed by atoms with Crippen molar-refractivity contribution in [3.8, 4) is 0 Å². The van der Waals surface area contributed by atoms with E-state index in [4.69, 9.17) is 13.9 Å². The molecule has 0 radical (unpaired) electrons. The van der Waals surface area contributed by atoms with E-state index in [0.29, 0.717) is 24.2 Å². The normalized spacial score (nSPS) is 15.2. The van der Waals surface area contributed by atoms with Crippen LogP contribution in [0.15, 0.2) is 59.0 Å². The van der Waals surface area contributed by atoms with Gasteiger partial charge in [-0.2, -0.15) is 0 Å². The second-order valence-electron chi connectivity index (χ2n) is 8.46. The number of carbonyl (C=O) groups is 2. The molecule has 0 aliphatic carbocycles. The summed E-state index contributed by atoms with van der Waals surface area (Å²) in [6.45, 7) is 8.31. The van der Waals surface area contributed by atoms with Crippen LogP contribution < -0.4 is 4.90 Å². The van der Waals surface area contributed by atoms with E-state index in [0.717, 1.165) is 24.2 Å². The van der Waals surface area contributed by atoms with E-state index in [-0.39, 0.29) is 24.4 Å². The molecule has 2 heterocycles. The number of ether oxygens (including phenoxy) is 2. The molecule has 1 aliphatic heterocycles. The molecule has 1 atom stereocenters. The van der Waals surface area contributed by atoms with E-state index >= 15 is 0 Å². The largest absolute Gasteiger partial charge is 0.449 e. The van der Waals surface area contributed by atoms with Crippen molar-refractivity contribution in [3.63, 3.8) is 0 Å². The summed E-state index contributed by atoms with van der Waals surface area (Å²) in [7, 11) is 0. The first kappa shape index (κ1) is 22.9. The Morgan fingerprint density at radius 1 is 0.939 bits per heavy atom. The highest BCUT2D eigenvalue weighted by molar-refractivity contribution is 5.97. The zero-order valence-corrected chi connectivity index (χ0v) is 19.3. The van der Waals surface area contributed by atoms with Crippen LogP contribution in [0.3, 0.4) is 0 Å². The fourth-order valence-corrected chi connectivity index (χ4v) is 4.00. The number of benzene rings is 2.